The number of aliphatic hydroxyl groups excluding tert-OH is 1. The van der Waals surface area contributed by atoms with Crippen LogP contribution in [0.4, 0.5) is 0 Å². The highest BCUT2D eigenvalue weighted by molar-refractivity contribution is 5.76. The zero-order valence-corrected chi connectivity index (χ0v) is 11.3. The van der Waals surface area contributed by atoms with E-state index in [1.54, 1.807) is 12.4 Å². The van der Waals surface area contributed by atoms with Gasteiger partial charge in [-0.15, -0.1) is 0 Å². The van der Waals surface area contributed by atoms with E-state index in [0.29, 0.717) is 12.3 Å². The molecule has 1 saturated heterocycles. The summed E-state index contributed by atoms with van der Waals surface area (Å²) in [5.41, 5.74) is 1.16. The van der Waals surface area contributed by atoms with E-state index in [1.807, 2.05) is 17.0 Å². The molecular weight excluding hydrogens is 240 g/mol. The molecule has 4 nitrogen and oxygen atoms in total. The van der Waals surface area contributed by atoms with Gasteiger partial charge in [0.15, 0.2) is 0 Å². The van der Waals surface area contributed by atoms with Gasteiger partial charge in [-0.25, -0.2) is 0 Å². The number of likely N-dealkylation sites (tertiary alicyclic amines) is 1. The van der Waals surface area contributed by atoms with E-state index >= 15 is 0 Å². The van der Waals surface area contributed by atoms with Crippen LogP contribution in [-0.4, -0.2) is 40.6 Å². The number of aryl methyl sites for hydroxylation is 1. The predicted molar refractivity (Wildman–Crippen MR) is 73.6 cm³/mol. The Morgan fingerprint density at radius 3 is 2.95 bits per heavy atom. The standard InChI is InChI=1S/C15H22N2O2/c18-11-7-14-2-1-10-17(12-14)15(19)4-3-13-5-8-16-9-6-13/h5-6,8-9,14,18H,1-4,7,10-12H2. The molecule has 1 aliphatic heterocycles. The van der Waals surface area contributed by atoms with Crippen molar-refractivity contribution < 1.29 is 9.90 Å². The van der Waals surface area contributed by atoms with Gasteiger partial charge >= 0.3 is 0 Å². The fourth-order valence-electron chi connectivity index (χ4n) is 2.67. The minimum Gasteiger partial charge on any atom is -0.396 e. The van der Waals surface area contributed by atoms with Gasteiger partial charge in [0.1, 0.15) is 0 Å². The average molecular weight is 262 g/mol. The van der Waals surface area contributed by atoms with Crippen LogP contribution in [0.1, 0.15) is 31.2 Å². The van der Waals surface area contributed by atoms with Crippen molar-refractivity contribution in [2.45, 2.75) is 32.1 Å². The van der Waals surface area contributed by atoms with Crippen molar-refractivity contribution >= 4 is 5.91 Å². The fraction of sp³-hybridized carbons (Fsp3) is 0.600. The summed E-state index contributed by atoms with van der Waals surface area (Å²) in [5, 5.41) is 8.99. The van der Waals surface area contributed by atoms with Crippen molar-refractivity contribution in [3.8, 4) is 0 Å². The molecule has 2 rings (SSSR count). The van der Waals surface area contributed by atoms with E-state index < -0.39 is 0 Å². The van der Waals surface area contributed by atoms with Gasteiger partial charge in [0, 0.05) is 38.5 Å². The summed E-state index contributed by atoms with van der Waals surface area (Å²) >= 11 is 0. The van der Waals surface area contributed by atoms with Crippen LogP contribution in [0, 0.1) is 5.92 Å². The van der Waals surface area contributed by atoms with Gasteiger partial charge in [-0.2, -0.15) is 0 Å². The maximum absolute atomic E-state index is 12.2. The lowest BCUT2D eigenvalue weighted by atomic mass is 9.95. The van der Waals surface area contributed by atoms with Gasteiger partial charge in [0.2, 0.25) is 5.91 Å². The third-order valence-corrected chi connectivity index (χ3v) is 3.79. The first-order valence-corrected chi connectivity index (χ1v) is 7.07. The molecule has 0 aromatic carbocycles. The maximum atomic E-state index is 12.2. The minimum absolute atomic E-state index is 0.226. The van der Waals surface area contributed by atoms with E-state index in [2.05, 4.69) is 4.98 Å². The van der Waals surface area contributed by atoms with Crippen LogP contribution < -0.4 is 0 Å². The molecule has 1 aromatic rings. The van der Waals surface area contributed by atoms with E-state index in [-0.39, 0.29) is 12.5 Å². The van der Waals surface area contributed by atoms with E-state index in [0.717, 1.165) is 44.3 Å². The molecule has 0 radical (unpaired) electrons. The highest BCUT2D eigenvalue weighted by atomic mass is 16.3. The lowest BCUT2D eigenvalue weighted by molar-refractivity contribution is -0.133. The number of aromatic nitrogens is 1. The first-order chi connectivity index (χ1) is 9.29. The number of piperidine rings is 1. The SMILES string of the molecule is O=C(CCc1ccncc1)N1CCCC(CCO)C1. The Morgan fingerprint density at radius 1 is 1.42 bits per heavy atom. The summed E-state index contributed by atoms with van der Waals surface area (Å²) in [6, 6.07) is 3.91. The number of aliphatic hydroxyl groups is 1. The highest BCUT2D eigenvalue weighted by Crippen LogP contribution is 2.20. The Labute approximate surface area is 114 Å². The first-order valence-electron chi connectivity index (χ1n) is 7.07. The predicted octanol–water partition coefficient (Wildman–Crippen LogP) is 1.64. The molecule has 1 unspecified atom stereocenters. The van der Waals surface area contributed by atoms with E-state index in [9.17, 15) is 4.79 Å². The zero-order valence-electron chi connectivity index (χ0n) is 11.3. The molecule has 4 heteroatoms. The number of carbonyl (C=O) groups excluding carboxylic acids is 1. The van der Waals surface area contributed by atoms with Gasteiger partial charge in [0.25, 0.3) is 0 Å². The quantitative estimate of drug-likeness (QED) is 0.877. The second-order valence-electron chi connectivity index (χ2n) is 5.22. The molecule has 1 aromatic heterocycles. The summed E-state index contributed by atoms with van der Waals surface area (Å²) in [6.45, 7) is 1.91. The molecule has 1 atom stereocenters. The Hall–Kier alpha value is -1.42. The highest BCUT2D eigenvalue weighted by Gasteiger charge is 2.22. The van der Waals surface area contributed by atoms with Crippen LogP contribution in [0.3, 0.4) is 0 Å². The molecule has 0 spiro atoms. The van der Waals surface area contributed by atoms with Crippen LogP contribution in [-0.2, 0) is 11.2 Å². The van der Waals surface area contributed by atoms with Gasteiger partial charge in [0.05, 0.1) is 0 Å². The third kappa shape index (κ3) is 4.31. The zero-order chi connectivity index (χ0) is 13.5. The molecule has 1 N–H and O–H groups in total. The summed E-state index contributed by atoms with van der Waals surface area (Å²) < 4.78 is 0. The monoisotopic (exact) mass is 262 g/mol. The summed E-state index contributed by atoms with van der Waals surface area (Å²) in [5.74, 6) is 0.711. The summed E-state index contributed by atoms with van der Waals surface area (Å²) in [7, 11) is 0. The average Bonchev–Trinajstić information content (AvgIpc) is 2.46. The van der Waals surface area contributed by atoms with Crippen molar-refractivity contribution in [2.24, 2.45) is 5.92 Å². The molecule has 0 saturated carbocycles. The number of hydrogen-bond acceptors (Lipinski definition) is 3. The number of carbonyl (C=O) groups is 1. The Morgan fingerprint density at radius 2 is 2.21 bits per heavy atom. The number of hydrogen-bond donors (Lipinski definition) is 1. The fourth-order valence-corrected chi connectivity index (χ4v) is 2.67. The van der Waals surface area contributed by atoms with Crippen LogP contribution in [0.25, 0.3) is 0 Å². The molecule has 1 amide bonds. The van der Waals surface area contributed by atoms with Crippen LogP contribution in [0.5, 0.6) is 0 Å². The van der Waals surface area contributed by atoms with Crippen molar-refractivity contribution in [1.82, 2.24) is 9.88 Å². The molecular formula is C15H22N2O2. The lowest BCUT2D eigenvalue weighted by Gasteiger charge is -2.32. The molecule has 2 heterocycles. The second kappa shape index (κ2) is 7.24. The smallest absolute Gasteiger partial charge is 0.222 e. The van der Waals surface area contributed by atoms with Crippen molar-refractivity contribution in [3.63, 3.8) is 0 Å². The van der Waals surface area contributed by atoms with Gasteiger partial charge < -0.3 is 10.0 Å². The number of pyridine rings is 1. The van der Waals surface area contributed by atoms with Crippen LogP contribution in [0.2, 0.25) is 0 Å². The van der Waals surface area contributed by atoms with Crippen LogP contribution >= 0.6 is 0 Å². The van der Waals surface area contributed by atoms with Crippen molar-refractivity contribution in [2.75, 3.05) is 19.7 Å². The third-order valence-electron chi connectivity index (χ3n) is 3.79. The van der Waals surface area contributed by atoms with Gasteiger partial charge in [-0.1, -0.05) is 0 Å². The molecule has 1 aliphatic rings. The Bertz CT molecular complexity index is 392. The number of rotatable bonds is 5. The largest absolute Gasteiger partial charge is 0.396 e. The molecule has 19 heavy (non-hydrogen) atoms. The lowest BCUT2D eigenvalue weighted by Crippen LogP contribution is -2.40. The maximum Gasteiger partial charge on any atom is 0.222 e. The first kappa shape index (κ1) is 14.0. The Kier molecular flexibility index (Phi) is 5.33. The topological polar surface area (TPSA) is 53.4 Å². The van der Waals surface area contributed by atoms with Gasteiger partial charge in [-0.3, -0.25) is 9.78 Å². The van der Waals surface area contributed by atoms with Crippen molar-refractivity contribution in [1.29, 1.82) is 0 Å². The van der Waals surface area contributed by atoms with E-state index in [4.69, 9.17) is 5.11 Å². The summed E-state index contributed by atoms with van der Waals surface area (Å²) in [6.07, 6.45) is 7.88. The van der Waals surface area contributed by atoms with E-state index in [1.165, 1.54) is 0 Å². The molecule has 0 bridgehead atoms. The molecule has 104 valence electrons. The number of amides is 1. The van der Waals surface area contributed by atoms with Crippen molar-refractivity contribution in [3.05, 3.63) is 30.1 Å². The van der Waals surface area contributed by atoms with Crippen LogP contribution in [0.15, 0.2) is 24.5 Å². The summed E-state index contributed by atoms with van der Waals surface area (Å²) in [4.78, 5) is 18.1. The minimum atomic E-state index is 0.226. The molecule has 1 fully saturated rings. The van der Waals surface area contributed by atoms with Gasteiger partial charge in [-0.05, 0) is 49.3 Å². The number of nitrogens with zero attached hydrogens (tertiary/aromatic N) is 2. The Balaban J connectivity index is 1.79. The normalized spacial score (nSPS) is 19.4. The molecule has 0 aliphatic carbocycles. The second-order valence-corrected chi connectivity index (χ2v) is 5.22.